The molecule has 6 heteroatoms. The topological polar surface area (TPSA) is 69.0 Å². The molecule has 32 heavy (non-hydrogen) atoms. The fourth-order valence-electron chi connectivity index (χ4n) is 4.22. The van der Waals surface area contributed by atoms with E-state index in [1.54, 1.807) is 36.7 Å². The van der Waals surface area contributed by atoms with Gasteiger partial charge in [-0.1, -0.05) is 24.3 Å². The molecular weight excluding hydrogens is 400 g/mol. The van der Waals surface area contributed by atoms with Crippen molar-refractivity contribution in [2.24, 2.45) is 0 Å². The Morgan fingerprint density at radius 2 is 1.88 bits per heavy atom. The molecular formula is C26H24N4O2. The molecule has 1 atom stereocenters. The Morgan fingerprint density at radius 3 is 2.69 bits per heavy atom. The molecule has 5 rings (SSSR count). The molecule has 1 amide bonds. The van der Waals surface area contributed by atoms with Crippen LogP contribution in [0.2, 0.25) is 0 Å². The fraction of sp³-hybridized carbons (Fsp3) is 0.192. The van der Waals surface area contributed by atoms with Crippen molar-refractivity contribution in [1.29, 1.82) is 0 Å². The van der Waals surface area contributed by atoms with Crippen molar-refractivity contribution in [3.63, 3.8) is 0 Å². The van der Waals surface area contributed by atoms with Gasteiger partial charge >= 0.3 is 0 Å². The summed E-state index contributed by atoms with van der Waals surface area (Å²) >= 11 is 0. The van der Waals surface area contributed by atoms with Gasteiger partial charge in [0.05, 0.1) is 18.4 Å². The van der Waals surface area contributed by atoms with Gasteiger partial charge in [0.25, 0.3) is 5.91 Å². The number of carbonyl (C=O) groups is 1. The van der Waals surface area contributed by atoms with Crippen LogP contribution >= 0.6 is 0 Å². The van der Waals surface area contributed by atoms with E-state index in [0.717, 1.165) is 30.6 Å². The number of nitrogens with zero attached hydrogens (tertiary/aromatic N) is 3. The number of amides is 1. The van der Waals surface area contributed by atoms with E-state index in [4.69, 9.17) is 4.74 Å². The Bertz CT molecular complexity index is 1230. The number of rotatable bonds is 5. The summed E-state index contributed by atoms with van der Waals surface area (Å²) < 4.78 is 7.72. The summed E-state index contributed by atoms with van der Waals surface area (Å²) in [7, 11) is 0. The molecule has 4 aromatic rings. The summed E-state index contributed by atoms with van der Waals surface area (Å²) in [6, 6.07) is 19.4. The Hall–Kier alpha value is -3.93. The average Bonchev–Trinajstić information content (AvgIpc) is 3.19. The highest BCUT2D eigenvalue weighted by Gasteiger charge is 2.25. The van der Waals surface area contributed by atoms with Crippen molar-refractivity contribution >= 4 is 11.7 Å². The van der Waals surface area contributed by atoms with Crippen LogP contribution < -0.4 is 10.1 Å². The summed E-state index contributed by atoms with van der Waals surface area (Å²) in [6.07, 6.45) is 8.35. The number of anilines is 1. The Labute approximate surface area is 186 Å². The third-order valence-corrected chi connectivity index (χ3v) is 5.83. The molecule has 0 spiro atoms. The molecule has 0 bridgehead atoms. The lowest BCUT2D eigenvalue weighted by molar-refractivity contribution is 0.102. The SMILES string of the molecule is Cc1cnn(C2CCCc3ccccc32)c1NC(=O)c1ccc(Oc2cccnc2)cc1. The normalized spacial score (nSPS) is 15.1. The third-order valence-electron chi connectivity index (χ3n) is 5.83. The molecule has 2 heterocycles. The number of aryl methyl sites for hydroxylation is 2. The summed E-state index contributed by atoms with van der Waals surface area (Å²) in [5.41, 5.74) is 4.14. The molecule has 0 saturated heterocycles. The molecule has 6 nitrogen and oxygen atoms in total. The van der Waals surface area contributed by atoms with Crippen LogP contribution in [-0.4, -0.2) is 20.7 Å². The van der Waals surface area contributed by atoms with Crippen LogP contribution in [0.15, 0.2) is 79.3 Å². The molecule has 0 radical (unpaired) electrons. The van der Waals surface area contributed by atoms with Gasteiger partial charge in [-0.05, 0) is 73.7 Å². The monoisotopic (exact) mass is 424 g/mol. The van der Waals surface area contributed by atoms with Crippen LogP contribution in [0.5, 0.6) is 11.5 Å². The predicted molar refractivity (Wildman–Crippen MR) is 123 cm³/mol. The van der Waals surface area contributed by atoms with Gasteiger partial charge in [0, 0.05) is 17.3 Å². The zero-order valence-electron chi connectivity index (χ0n) is 17.9. The van der Waals surface area contributed by atoms with Gasteiger partial charge in [0.15, 0.2) is 0 Å². The third kappa shape index (κ3) is 3.99. The lowest BCUT2D eigenvalue weighted by Crippen LogP contribution is -2.22. The maximum atomic E-state index is 13.0. The summed E-state index contributed by atoms with van der Waals surface area (Å²) in [6.45, 7) is 1.97. The molecule has 0 fully saturated rings. The number of hydrogen-bond donors (Lipinski definition) is 1. The van der Waals surface area contributed by atoms with E-state index < -0.39 is 0 Å². The highest BCUT2D eigenvalue weighted by molar-refractivity contribution is 6.04. The van der Waals surface area contributed by atoms with Gasteiger partial charge in [-0.3, -0.25) is 9.78 Å². The van der Waals surface area contributed by atoms with Crippen molar-refractivity contribution < 1.29 is 9.53 Å². The van der Waals surface area contributed by atoms with Crippen molar-refractivity contribution in [3.8, 4) is 11.5 Å². The Kier molecular flexibility index (Phi) is 5.42. The van der Waals surface area contributed by atoms with Crippen molar-refractivity contribution in [1.82, 2.24) is 14.8 Å². The van der Waals surface area contributed by atoms with Gasteiger partial charge in [0.1, 0.15) is 17.3 Å². The molecule has 0 saturated carbocycles. The zero-order valence-corrected chi connectivity index (χ0v) is 17.9. The van der Waals surface area contributed by atoms with Crippen LogP contribution in [-0.2, 0) is 6.42 Å². The second-order valence-electron chi connectivity index (χ2n) is 8.00. The number of ether oxygens (including phenoxy) is 1. The Morgan fingerprint density at radius 1 is 1.03 bits per heavy atom. The van der Waals surface area contributed by atoms with Gasteiger partial charge < -0.3 is 10.1 Å². The van der Waals surface area contributed by atoms with E-state index in [0.29, 0.717) is 17.1 Å². The number of benzene rings is 2. The van der Waals surface area contributed by atoms with Gasteiger partial charge in [0.2, 0.25) is 0 Å². The minimum absolute atomic E-state index is 0.124. The summed E-state index contributed by atoms with van der Waals surface area (Å²) in [5.74, 6) is 1.87. The standard InChI is InChI=1S/C26H24N4O2/c1-18-16-28-30(24-10-4-7-19-6-2-3-9-23(19)24)25(18)29-26(31)20-11-13-21(14-12-20)32-22-8-5-15-27-17-22/h2-3,5-6,8-9,11-17,24H,4,7,10H2,1H3,(H,29,31). The highest BCUT2D eigenvalue weighted by Crippen LogP contribution is 2.35. The number of carbonyl (C=O) groups excluding carboxylic acids is 1. The number of fused-ring (bicyclic) bond motifs is 1. The smallest absolute Gasteiger partial charge is 0.256 e. The van der Waals surface area contributed by atoms with E-state index in [2.05, 4.69) is 39.7 Å². The van der Waals surface area contributed by atoms with Crippen molar-refractivity contribution in [2.45, 2.75) is 32.2 Å². The van der Waals surface area contributed by atoms with E-state index in [1.165, 1.54) is 11.1 Å². The fourth-order valence-corrected chi connectivity index (χ4v) is 4.22. The molecule has 1 aliphatic rings. The summed E-state index contributed by atoms with van der Waals surface area (Å²) in [5, 5.41) is 7.71. The number of pyridine rings is 1. The summed E-state index contributed by atoms with van der Waals surface area (Å²) in [4.78, 5) is 17.1. The Balaban J connectivity index is 1.35. The quantitative estimate of drug-likeness (QED) is 0.456. The van der Waals surface area contributed by atoms with E-state index in [9.17, 15) is 4.79 Å². The van der Waals surface area contributed by atoms with Crippen molar-refractivity contribution in [2.75, 3.05) is 5.32 Å². The van der Waals surface area contributed by atoms with Crippen LogP contribution in [0.3, 0.4) is 0 Å². The number of nitrogens with one attached hydrogen (secondary N) is 1. The van der Waals surface area contributed by atoms with Crippen LogP contribution in [0.1, 0.15) is 45.9 Å². The molecule has 160 valence electrons. The van der Waals surface area contributed by atoms with E-state index in [-0.39, 0.29) is 11.9 Å². The largest absolute Gasteiger partial charge is 0.456 e. The van der Waals surface area contributed by atoms with Crippen LogP contribution in [0.4, 0.5) is 5.82 Å². The molecule has 1 unspecified atom stereocenters. The predicted octanol–water partition coefficient (Wildman–Crippen LogP) is 5.56. The van der Waals surface area contributed by atoms with Crippen LogP contribution in [0, 0.1) is 6.92 Å². The minimum Gasteiger partial charge on any atom is -0.456 e. The molecule has 1 aliphatic carbocycles. The molecule has 2 aromatic heterocycles. The lowest BCUT2D eigenvalue weighted by Gasteiger charge is -2.27. The van der Waals surface area contributed by atoms with Gasteiger partial charge in [-0.25, -0.2) is 4.68 Å². The second kappa shape index (κ2) is 8.67. The van der Waals surface area contributed by atoms with Crippen LogP contribution in [0.25, 0.3) is 0 Å². The lowest BCUT2D eigenvalue weighted by atomic mass is 9.88. The molecule has 0 aliphatic heterocycles. The first-order chi connectivity index (χ1) is 15.7. The zero-order chi connectivity index (χ0) is 21.9. The van der Waals surface area contributed by atoms with E-state index >= 15 is 0 Å². The second-order valence-corrected chi connectivity index (χ2v) is 8.00. The van der Waals surface area contributed by atoms with E-state index in [1.807, 2.05) is 29.9 Å². The van der Waals surface area contributed by atoms with Gasteiger partial charge in [-0.15, -0.1) is 0 Å². The molecule has 2 aromatic carbocycles. The van der Waals surface area contributed by atoms with Crippen molar-refractivity contribution in [3.05, 3.63) is 102 Å². The first-order valence-electron chi connectivity index (χ1n) is 10.8. The first-order valence-corrected chi connectivity index (χ1v) is 10.8. The average molecular weight is 425 g/mol. The highest BCUT2D eigenvalue weighted by atomic mass is 16.5. The maximum Gasteiger partial charge on any atom is 0.256 e. The number of hydrogen-bond acceptors (Lipinski definition) is 4. The first kappa shape index (κ1) is 20.0. The maximum absolute atomic E-state index is 13.0. The van der Waals surface area contributed by atoms with Gasteiger partial charge in [-0.2, -0.15) is 5.10 Å². The number of aromatic nitrogens is 3. The minimum atomic E-state index is -0.174. The molecule has 1 N–H and O–H groups in total.